The van der Waals surface area contributed by atoms with E-state index < -0.39 is 5.97 Å². The lowest BCUT2D eigenvalue weighted by Gasteiger charge is -2.08. The number of hydrogen-bond donors (Lipinski definition) is 2. The zero-order valence-electron chi connectivity index (χ0n) is 7.77. The highest BCUT2D eigenvalue weighted by molar-refractivity contribution is 5.85. The molecule has 0 amide bonds. The van der Waals surface area contributed by atoms with E-state index in [0.29, 0.717) is 0 Å². The summed E-state index contributed by atoms with van der Waals surface area (Å²) >= 11 is 0. The maximum atomic E-state index is 10.6. The van der Waals surface area contributed by atoms with Crippen LogP contribution in [0, 0.1) is 0 Å². The van der Waals surface area contributed by atoms with Crippen LogP contribution in [0.25, 0.3) is 0 Å². The van der Waals surface area contributed by atoms with Gasteiger partial charge in [-0.3, -0.25) is 0 Å². The summed E-state index contributed by atoms with van der Waals surface area (Å²) < 4.78 is 0. The lowest BCUT2D eigenvalue weighted by molar-refractivity contribution is 0.0690. The van der Waals surface area contributed by atoms with Crippen molar-refractivity contribution in [2.45, 2.75) is 13.0 Å². The van der Waals surface area contributed by atoms with Crippen molar-refractivity contribution >= 4 is 11.9 Å². The molecule has 14 heavy (non-hydrogen) atoms. The first kappa shape index (κ1) is 10.2. The fraction of sp³-hybridized carbons (Fsp3) is 0.222. The molecule has 2 N–H and O–H groups in total. The van der Waals surface area contributed by atoms with E-state index >= 15 is 0 Å². The molecule has 1 unspecified atom stereocenters. The van der Waals surface area contributed by atoms with Gasteiger partial charge in [0.25, 0.3) is 0 Å². The van der Waals surface area contributed by atoms with Gasteiger partial charge in [0.1, 0.15) is 0 Å². The minimum Gasteiger partial charge on any atom is -0.477 e. The molecular weight excluding hydrogens is 182 g/mol. The van der Waals surface area contributed by atoms with Crippen LogP contribution in [0.2, 0.25) is 0 Å². The van der Waals surface area contributed by atoms with Crippen molar-refractivity contribution in [3.8, 4) is 0 Å². The zero-order chi connectivity index (χ0) is 10.6. The SMILES string of the molecule is C=CC(C)Nc1nccc(C(=O)O)n1. The van der Waals surface area contributed by atoms with E-state index in [4.69, 9.17) is 5.11 Å². The van der Waals surface area contributed by atoms with Crippen molar-refractivity contribution in [3.05, 3.63) is 30.6 Å². The second-order valence-corrected chi connectivity index (χ2v) is 2.74. The maximum Gasteiger partial charge on any atom is 0.354 e. The van der Waals surface area contributed by atoms with Gasteiger partial charge in [0, 0.05) is 12.2 Å². The van der Waals surface area contributed by atoms with Crippen molar-refractivity contribution in [1.82, 2.24) is 9.97 Å². The van der Waals surface area contributed by atoms with Gasteiger partial charge >= 0.3 is 5.97 Å². The van der Waals surface area contributed by atoms with Crippen LogP contribution in [0.4, 0.5) is 5.95 Å². The second-order valence-electron chi connectivity index (χ2n) is 2.74. The number of carboxylic acids is 1. The molecule has 1 aromatic rings. The Morgan fingerprint density at radius 3 is 3.07 bits per heavy atom. The summed E-state index contributed by atoms with van der Waals surface area (Å²) in [4.78, 5) is 18.2. The number of nitrogens with zero attached hydrogens (tertiary/aromatic N) is 2. The van der Waals surface area contributed by atoms with Gasteiger partial charge < -0.3 is 10.4 Å². The lowest BCUT2D eigenvalue weighted by atomic mass is 10.3. The largest absolute Gasteiger partial charge is 0.477 e. The van der Waals surface area contributed by atoms with Gasteiger partial charge in [-0.25, -0.2) is 14.8 Å². The van der Waals surface area contributed by atoms with Gasteiger partial charge in [-0.15, -0.1) is 6.58 Å². The number of aromatic carboxylic acids is 1. The first-order chi connectivity index (χ1) is 6.63. The first-order valence-corrected chi connectivity index (χ1v) is 4.09. The van der Waals surface area contributed by atoms with E-state index in [1.807, 2.05) is 6.92 Å². The van der Waals surface area contributed by atoms with Crippen LogP contribution in [0.3, 0.4) is 0 Å². The highest BCUT2D eigenvalue weighted by Crippen LogP contribution is 2.02. The lowest BCUT2D eigenvalue weighted by Crippen LogP contribution is -2.15. The number of nitrogens with one attached hydrogen (secondary N) is 1. The minimum atomic E-state index is -1.07. The van der Waals surface area contributed by atoms with E-state index in [-0.39, 0.29) is 17.7 Å². The van der Waals surface area contributed by atoms with Gasteiger partial charge in [0.15, 0.2) is 5.69 Å². The molecule has 1 heterocycles. The molecule has 0 radical (unpaired) electrons. The van der Waals surface area contributed by atoms with Crippen LogP contribution >= 0.6 is 0 Å². The highest BCUT2D eigenvalue weighted by atomic mass is 16.4. The summed E-state index contributed by atoms with van der Waals surface area (Å²) in [5, 5.41) is 11.5. The smallest absolute Gasteiger partial charge is 0.354 e. The summed E-state index contributed by atoms with van der Waals surface area (Å²) in [5.41, 5.74) is -0.0289. The normalized spacial score (nSPS) is 11.8. The van der Waals surface area contributed by atoms with Crippen LogP contribution in [-0.2, 0) is 0 Å². The van der Waals surface area contributed by atoms with Crippen LogP contribution in [0.15, 0.2) is 24.9 Å². The quantitative estimate of drug-likeness (QED) is 0.702. The molecule has 0 aliphatic heterocycles. The summed E-state index contributed by atoms with van der Waals surface area (Å²) in [6, 6.07) is 1.34. The molecular formula is C9H11N3O2. The molecule has 0 saturated carbocycles. The van der Waals surface area contributed by atoms with Crippen molar-refractivity contribution in [1.29, 1.82) is 0 Å². The van der Waals surface area contributed by atoms with Crippen molar-refractivity contribution in [2.24, 2.45) is 0 Å². The number of carbonyl (C=O) groups is 1. The zero-order valence-corrected chi connectivity index (χ0v) is 7.77. The molecule has 1 aromatic heterocycles. The number of rotatable bonds is 4. The molecule has 1 atom stereocenters. The van der Waals surface area contributed by atoms with E-state index in [2.05, 4.69) is 21.9 Å². The predicted octanol–water partition coefficient (Wildman–Crippen LogP) is 1.16. The van der Waals surface area contributed by atoms with Crippen LogP contribution in [0.1, 0.15) is 17.4 Å². The first-order valence-electron chi connectivity index (χ1n) is 4.09. The summed E-state index contributed by atoms with van der Waals surface area (Å²) in [5.74, 6) is -0.779. The van der Waals surface area contributed by atoms with Crippen molar-refractivity contribution in [3.63, 3.8) is 0 Å². The number of anilines is 1. The van der Waals surface area contributed by atoms with Gasteiger partial charge in [0.05, 0.1) is 0 Å². The van der Waals surface area contributed by atoms with E-state index in [9.17, 15) is 4.79 Å². The van der Waals surface area contributed by atoms with E-state index in [1.165, 1.54) is 12.3 Å². The molecule has 0 aliphatic carbocycles. The van der Waals surface area contributed by atoms with Crippen LogP contribution in [-0.4, -0.2) is 27.1 Å². The molecule has 74 valence electrons. The third-order valence-electron chi connectivity index (χ3n) is 1.59. The fourth-order valence-corrected chi connectivity index (χ4v) is 0.810. The number of hydrogen-bond acceptors (Lipinski definition) is 4. The molecule has 0 aromatic carbocycles. The Morgan fingerprint density at radius 2 is 2.50 bits per heavy atom. The summed E-state index contributed by atoms with van der Waals surface area (Å²) in [6.07, 6.45) is 3.07. The van der Waals surface area contributed by atoms with Gasteiger partial charge in [-0.1, -0.05) is 6.08 Å². The molecule has 1 rings (SSSR count). The topological polar surface area (TPSA) is 75.1 Å². The van der Waals surface area contributed by atoms with Crippen molar-refractivity contribution < 1.29 is 9.90 Å². The molecule has 5 heteroatoms. The maximum absolute atomic E-state index is 10.6. The Bertz CT molecular complexity index is 352. The molecule has 0 fully saturated rings. The third kappa shape index (κ3) is 2.55. The van der Waals surface area contributed by atoms with Crippen LogP contribution < -0.4 is 5.32 Å². The Hall–Kier alpha value is -1.91. The average molecular weight is 193 g/mol. The van der Waals surface area contributed by atoms with Crippen molar-refractivity contribution in [2.75, 3.05) is 5.32 Å². The van der Waals surface area contributed by atoms with Crippen LogP contribution in [0.5, 0.6) is 0 Å². The van der Waals surface area contributed by atoms with Gasteiger partial charge in [0.2, 0.25) is 5.95 Å². The highest BCUT2D eigenvalue weighted by Gasteiger charge is 2.06. The predicted molar refractivity (Wildman–Crippen MR) is 52.3 cm³/mol. The number of aromatic nitrogens is 2. The minimum absolute atomic E-state index is 0.000884. The Morgan fingerprint density at radius 1 is 1.79 bits per heavy atom. The monoisotopic (exact) mass is 193 g/mol. The fourth-order valence-electron chi connectivity index (χ4n) is 0.810. The molecule has 0 spiro atoms. The van der Waals surface area contributed by atoms with E-state index in [0.717, 1.165) is 0 Å². The summed E-state index contributed by atoms with van der Waals surface area (Å²) in [7, 11) is 0. The standard InChI is InChI=1S/C9H11N3O2/c1-3-6(2)11-9-10-5-4-7(12-9)8(13)14/h3-6H,1H2,2H3,(H,13,14)(H,10,11,12). The Labute approximate surface area is 81.5 Å². The van der Waals surface area contributed by atoms with E-state index in [1.54, 1.807) is 6.08 Å². The molecule has 0 saturated heterocycles. The third-order valence-corrected chi connectivity index (χ3v) is 1.59. The average Bonchev–Trinajstić information content (AvgIpc) is 2.18. The van der Waals surface area contributed by atoms with Gasteiger partial charge in [-0.2, -0.15) is 0 Å². The van der Waals surface area contributed by atoms with Gasteiger partial charge in [-0.05, 0) is 13.0 Å². The molecule has 0 bridgehead atoms. The molecule has 0 aliphatic rings. The summed E-state index contributed by atoms with van der Waals surface area (Å²) in [6.45, 7) is 5.44. The Kier molecular flexibility index (Phi) is 3.17. The second kappa shape index (κ2) is 4.36. The Balaban J connectivity index is 2.83. The number of carboxylic acid groups (broad SMARTS) is 1. The molecule has 5 nitrogen and oxygen atoms in total.